The van der Waals surface area contributed by atoms with E-state index in [0.29, 0.717) is 27.7 Å². The molecule has 0 fully saturated rings. The van der Waals surface area contributed by atoms with Gasteiger partial charge in [-0.25, -0.2) is 9.37 Å². The maximum Gasteiger partial charge on any atom is 0.263 e. The summed E-state index contributed by atoms with van der Waals surface area (Å²) in [5, 5.41) is 1.17. The number of ketones is 1. The third-order valence-electron chi connectivity index (χ3n) is 4.78. The fourth-order valence-electron chi connectivity index (χ4n) is 3.04. The lowest BCUT2D eigenvalue weighted by molar-refractivity contribution is 0.101. The van der Waals surface area contributed by atoms with Crippen molar-refractivity contribution in [3.8, 4) is 5.75 Å². The first-order valence-corrected chi connectivity index (χ1v) is 11.2. The molecule has 3 rings (SSSR count). The van der Waals surface area contributed by atoms with E-state index >= 15 is 0 Å². The zero-order valence-electron chi connectivity index (χ0n) is 16.9. The standard InChI is InChI=1S/C21H23FN2O3S2/c1-5-6-9-24-20(26)18-12(2)13(3)29-19(18)23-21(24)28-11-16(25)15-10-14(22)7-8-17(15)27-4/h7-8,10H,5-6,9,11H2,1-4H3. The van der Waals surface area contributed by atoms with Gasteiger partial charge in [0, 0.05) is 11.4 Å². The lowest BCUT2D eigenvalue weighted by atomic mass is 10.1. The van der Waals surface area contributed by atoms with Crippen molar-refractivity contribution in [3.05, 3.63) is 50.4 Å². The second-order valence-electron chi connectivity index (χ2n) is 6.72. The molecule has 0 spiro atoms. The monoisotopic (exact) mass is 434 g/mol. The summed E-state index contributed by atoms with van der Waals surface area (Å²) in [6, 6.07) is 3.86. The molecular weight excluding hydrogens is 411 g/mol. The summed E-state index contributed by atoms with van der Waals surface area (Å²) in [7, 11) is 1.44. The summed E-state index contributed by atoms with van der Waals surface area (Å²) in [6.45, 7) is 6.52. The number of Topliss-reactive ketones (excluding diaryl/α,β-unsaturated/α-hetero) is 1. The van der Waals surface area contributed by atoms with Crippen LogP contribution < -0.4 is 10.3 Å². The number of thioether (sulfide) groups is 1. The van der Waals surface area contributed by atoms with Crippen molar-refractivity contribution in [3.63, 3.8) is 0 Å². The van der Waals surface area contributed by atoms with Gasteiger partial charge in [-0.05, 0) is 44.0 Å². The van der Waals surface area contributed by atoms with Gasteiger partial charge < -0.3 is 4.74 Å². The molecule has 0 saturated heterocycles. The number of unbranched alkanes of at least 4 members (excludes halogenated alkanes) is 1. The number of thiophene rings is 1. The molecule has 0 bridgehead atoms. The van der Waals surface area contributed by atoms with E-state index in [2.05, 4.69) is 11.9 Å². The summed E-state index contributed by atoms with van der Waals surface area (Å²) < 4.78 is 20.4. The predicted octanol–water partition coefficient (Wildman–Crippen LogP) is 5.00. The lowest BCUT2D eigenvalue weighted by Gasteiger charge is -2.12. The van der Waals surface area contributed by atoms with Gasteiger partial charge in [-0.3, -0.25) is 14.2 Å². The number of aryl methyl sites for hydroxylation is 2. The minimum absolute atomic E-state index is 0.0349. The number of rotatable bonds is 8. The van der Waals surface area contributed by atoms with Crippen LogP contribution in [0.2, 0.25) is 0 Å². The van der Waals surface area contributed by atoms with Gasteiger partial charge in [0.25, 0.3) is 5.56 Å². The van der Waals surface area contributed by atoms with Gasteiger partial charge in [-0.2, -0.15) is 0 Å². The average molecular weight is 435 g/mol. The van der Waals surface area contributed by atoms with Crippen molar-refractivity contribution >= 4 is 39.1 Å². The van der Waals surface area contributed by atoms with Gasteiger partial charge in [0.1, 0.15) is 16.4 Å². The molecule has 0 aliphatic heterocycles. The fraction of sp³-hybridized carbons (Fsp3) is 0.381. The van der Waals surface area contributed by atoms with E-state index in [0.717, 1.165) is 23.3 Å². The first-order valence-electron chi connectivity index (χ1n) is 9.37. The Labute approximate surface area is 176 Å². The maximum absolute atomic E-state index is 13.6. The van der Waals surface area contributed by atoms with Crippen LogP contribution in [0.4, 0.5) is 4.39 Å². The Balaban J connectivity index is 1.96. The second kappa shape index (κ2) is 9.09. The summed E-state index contributed by atoms with van der Waals surface area (Å²) in [5.74, 6) is -0.412. The van der Waals surface area contributed by atoms with Gasteiger partial charge in [0.2, 0.25) is 0 Å². The average Bonchev–Trinajstić information content (AvgIpc) is 2.99. The molecule has 5 nitrogen and oxygen atoms in total. The molecule has 0 N–H and O–H groups in total. The molecule has 0 saturated carbocycles. The van der Waals surface area contributed by atoms with Crippen LogP contribution in [0.3, 0.4) is 0 Å². The molecule has 3 aromatic rings. The number of hydrogen-bond acceptors (Lipinski definition) is 6. The number of fused-ring (bicyclic) bond motifs is 1. The van der Waals surface area contributed by atoms with Gasteiger partial charge in [-0.15, -0.1) is 11.3 Å². The Bertz CT molecular complexity index is 1120. The molecule has 154 valence electrons. The van der Waals surface area contributed by atoms with Crippen LogP contribution in [-0.2, 0) is 6.54 Å². The Morgan fingerprint density at radius 2 is 2.10 bits per heavy atom. The quantitative estimate of drug-likeness (QED) is 0.284. The Hall–Kier alpha value is -2.19. The number of aromatic nitrogens is 2. The predicted molar refractivity (Wildman–Crippen MR) is 116 cm³/mol. The second-order valence-corrected chi connectivity index (χ2v) is 8.87. The SMILES string of the molecule is CCCCn1c(SCC(=O)c2cc(F)ccc2OC)nc2sc(C)c(C)c2c1=O. The van der Waals surface area contributed by atoms with Gasteiger partial charge >= 0.3 is 0 Å². The summed E-state index contributed by atoms with van der Waals surface area (Å²) in [4.78, 5) is 32.3. The Kier molecular flexibility index (Phi) is 6.74. The number of carbonyl (C=O) groups is 1. The van der Waals surface area contributed by atoms with Crippen LogP contribution >= 0.6 is 23.1 Å². The maximum atomic E-state index is 13.6. The van der Waals surface area contributed by atoms with E-state index in [4.69, 9.17) is 4.74 Å². The number of ether oxygens (including phenoxy) is 1. The minimum Gasteiger partial charge on any atom is -0.496 e. The molecule has 8 heteroatoms. The Morgan fingerprint density at radius 1 is 1.34 bits per heavy atom. The zero-order valence-corrected chi connectivity index (χ0v) is 18.5. The van der Waals surface area contributed by atoms with Gasteiger partial charge in [-0.1, -0.05) is 25.1 Å². The Morgan fingerprint density at radius 3 is 2.79 bits per heavy atom. The van der Waals surface area contributed by atoms with Crippen molar-refractivity contribution < 1.29 is 13.9 Å². The largest absolute Gasteiger partial charge is 0.496 e. The highest BCUT2D eigenvalue weighted by Gasteiger charge is 2.19. The molecule has 0 aliphatic rings. The van der Waals surface area contributed by atoms with Crippen molar-refractivity contribution in [2.45, 2.75) is 45.3 Å². The number of benzene rings is 1. The van der Waals surface area contributed by atoms with Crippen molar-refractivity contribution in [1.29, 1.82) is 0 Å². The molecular formula is C21H23FN2O3S2. The zero-order chi connectivity index (χ0) is 21.1. The number of halogens is 1. The van der Waals surface area contributed by atoms with Crippen LogP contribution in [0.15, 0.2) is 28.2 Å². The first-order chi connectivity index (χ1) is 13.9. The van der Waals surface area contributed by atoms with E-state index in [1.54, 1.807) is 4.57 Å². The molecule has 0 unspecified atom stereocenters. The molecule has 2 aromatic heterocycles. The highest BCUT2D eigenvalue weighted by Crippen LogP contribution is 2.29. The van der Waals surface area contributed by atoms with Crippen molar-refractivity contribution in [1.82, 2.24) is 9.55 Å². The molecule has 0 aliphatic carbocycles. The van der Waals surface area contributed by atoms with Gasteiger partial charge in [0.05, 0.1) is 23.8 Å². The van der Waals surface area contributed by atoms with Crippen molar-refractivity contribution in [2.24, 2.45) is 0 Å². The fourth-order valence-corrected chi connectivity index (χ4v) is 5.02. The third kappa shape index (κ3) is 4.38. The van der Waals surface area contributed by atoms with Gasteiger partial charge in [0.15, 0.2) is 10.9 Å². The first kappa shape index (κ1) is 21.5. The number of methoxy groups -OCH3 is 1. The molecule has 29 heavy (non-hydrogen) atoms. The van der Waals surface area contributed by atoms with E-state index < -0.39 is 5.82 Å². The topological polar surface area (TPSA) is 61.2 Å². The van der Waals surface area contributed by atoms with Crippen LogP contribution in [0.1, 0.15) is 40.6 Å². The molecule has 1 aromatic carbocycles. The van der Waals surface area contributed by atoms with E-state index in [-0.39, 0.29) is 22.7 Å². The lowest BCUT2D eigenvalue weighted by Crippen LogP contribution is -2.23. The summed E-state index contributed by atoms with van der Waals surface area (Å²) in [6.07, 6.45) is 1.78. The van der Waals surface area contributed by atoms with E-state index in [9.17, 15) is 14.0 Å². The molecule has 0 atom stereocenters. The highest BCUT2D eigenvalue weighted by molar-refractivity contribution is 7.99. The van der Waals surface area contributed by atoms with Crippen LogP contribution in [0.5, 0.6) is 5.75 Å². The van der Waals surface area contributed by atoms with E-state index in [1.807, 2.05) is 13.8 Å². The van der Waals surface area contributed by atoms with Crippen LogP contribution in [0, 0.1) is 19.7 Å². The van der Waals surface area contributed by atoms with Crippen LogP contribution in [-0.4, -0.2) is 28.2 Å². The molecule has 0 amide bonds. The normalized spacial score (nSPS) is 11.2. The number of carbonyl (C=O) groups excluding carboxylic acids is 1. The summed E-state index contributed by atoms with van der Waals surface area (Å²) in [5.41, 5.74) is 1.08. The van der Waals surface area contributed by atoms with Crippen molar-refractivity contribution in [2.75, 3.05) is 12.9 Å². The molecule has 0 radical (unpaired) electrons. The van der Waals surface area contributed by atoms with Crippen LogP contribution in [0.25, 0.3) is 10.2 Å². The summed E-state index contributed by atoms with van der Waals surface area (Å²) >= 11 is 2.69. The minimum atomic E-state index is -0.497. The molecule has 2 heterocycles. The smallest absolute Gasteiger partial charge is 0.263 e. The van der Waals surface area contributed by atoms with E-state index in [1.165, 1.54) is 48.4 Å². The third-order valence-corrected chi connectivity index (χ3v) is 6.86. The number of nitrogens with zero attached hydrogens (tertiary/aromatic N) is 2. The number of hydrogen-bond donors (Lipinski definition) is 0. The highest BCUT2D eigenvalue weighted by atomic mass is 32.2.